The summed E-state index contributed by atoms with van der Waals surface area (Å²) < 4.78 is 0. The minimum absolute atomic E-state index is 0. The van der Waals surface area contributed by atoms with Crippen LogP contribution in [0.25, 0.3) is 0 Å². The van der Waals surface area contributed by atoms with E-state index in [1.165, 1.54) is 13.0 Å². The van der Waals surface area contributed by atoms with Crippen molar-refractivity contribution in [2.24, 2.45) is 5.92 Å². The Morgan fingerprint density at radius 2 is 2.11 bits per heavy atom. The summed E-state index contributed by atoms with van der Waals surface area (Å²) in [6, 6.07) is 0.373. The van der Waals surface area contributed by atoms with Crippen LogP contribution in [0.2, 0.25) is 0 Å². The normalized spacial score (nSPS) is 27.8. The lowest BCUT2D eigenvalue weighted by Gasteiger charge is -2.33. The number of halogens is 2. The minimum Gasteiger partial charge on any atom is -0.352 e. The van der Waals surface area contributed by atoms with Crippen LogP contribution in [0.1, 0.15) is 32.6 Å². The number of nitrogens with zero attached hydrogens (tertiary/aromatic N) is 1. The van der Waals surface area contributed by atoms with Gasteiger partial charge in [-0.3, -0.25) is 4.79 Å². The van der Waals surface area contributed by atoms with Gasteiger partial charge in [-0.15, -0.1) is 24.8 Å². The molecule has 2 heterocycles. The number of carbonyl (C=O) groups is 1. The minimum atomic E-state index is 0. The van der Waals surface area contributed by atoms with Crippen molar-refractivity contribution in [3.05, 3.63) is 0 Å². The third-order valence-electron chi connectivity index (χ3n) is 3.97. The second kappa shape index (κ2) is 9.81. The Morgan fingerprint density at radius 3 is 2.74 bits per heavy atom. The first kappa shape index (κ1) is 19.0. The van der Waals surface area contributed by atoms with Gasteiger partial charge in [0, 0.05) is 19.1 Å². The largest absolute Gasteiger partial charge is 0.352 e. The highest BCUT2D eigenvalue weighted by atomic mass is 35.5. The molecule has 0 aliphatic carbocycles. The van der Waals surface area contributed by atoms with E-state index in [-0.39, 0.29) is 36.6 Å². The highest BCUT2D eigenvalue weighted by molar-refractivity contribution is 5.85. The molecule has 0 spiro atoms. The molecule has 0 bridgehead atoms. The van der Waals surface area contributed by atoms with Gasteiger partial charge in [-0.05, 0) is 45.3 Å². The van der Waals surface area contributed by atoms with Crippen molar-refractivity contribution < 1.29 is 4.79 Å². The molecule has 2 rings (SSSR count). The molecular formula is C13H27Cl2N3O. The molecule has 2 saturated heterocycles. The van der Waals surface area contributed by atoms with E-state index >= 15 is 0 Å². The lowest BCUT2D eigenvalue weighted by atomic mass is 9.97. The van der Waals surface area contributed by atoms with Gasteiger partial charge >= 0.3 is 0 Å². The van der Waals surface area contributed by atoms with Crippen LogP contribution in [0.5, 0.6) is 0 Å². The molecule has 0 saturated carbocycles. The van der Waals surface area contributed by atoms with Crippen molar-refractivity contribution in [2.45, 2.75) is 38.6 Å². The topological polar surface area (TPSA) is 44.4 Å². The molecule has 1 unspecified atom stereocenters. The standard InChI is InChI=1S/C13H25N3O.2ClH/c1-2-16-8-4-6-12(10-16)15-13(17)11-5-3-7-14-9-11;;/h11-12,14H,2-10H2,1H3,(H,15,17);2*1H/t11-,12?;;/m1../s1. The average Bonchev–Trinajstić information content (AvgIpc) is 2.40. The number of amides is 1. The quantitative estimate of drug-likeness (QED) is 0.829. The second-order valence-corrected chi connectivity index (χ2v) is 5.28. The van der Waals surface area contributed by atoms with Crippen molar-refractivity contribution in [2.75, 3.05) is 32.7 Å². The first-order chi connectivity index (χ1) is 8.29. The molecule has 0 aromatic carbocycles. The summed E-state index contributed by atoms with van der Waals surface area (Å²) >= 11 is 0. The zero-order valence-corrected chi connectivity index (χ0v) is 13.3. The Bertz CT molecular complexity index is 260. The van der Waals surface area contributed by atoms with Gasteiger partial charge in [-0.1, -0.05) is 6.92 Å². The number of hydrogen-bond acceptors (Lipinski definition) is 3. The average molecular weight is 312 g/mol. The van der Waals surface area contributed by atoms with Gasteiger partial charge < -0.3 is 15.5 Å². The number of rotatable bonds is 3. The number of piperidine rings is 2. The summed E-state index contributed by atoms with van der Waals surface area (Å²) in [4.78, 5) is 14.5. The Kier molecular flexibility index (Phi) is 9.79. The fraction of sp³-hybridized carbons (Fsp3) is 0.923. The van der Waals surface area contributed by atoms with E-state index in [1.807, 2.05) is 0 Å². The van der Waals surface area contributed by atoms with Crippen LogP contribution in [0.3, 0.4) is 0 Å². The van der Waals surface area contributed by atoms with Gasteiger partial charge in [0.05, 0.1) is 5.92 Å². The molecule has 2 atom stereocenters. The molecule has 1 amide bonds. The predicted octanol–water partition coefficient (Wildman–Crippen LogP) is 1.43. The maximum atomic E-state index is 12.1. The smallest absolute Gasteiger partial charge is 0.224 e. The lowest BCUT2D eigenvalue weighted by Crippen LogP contribution is -2.50. The zero-order valence-electron chi connectivity index (χ0n) is 11.7. The van der Waals surface area contributed by atoms with Gasteiger partial charge in [-0.25, -0.2) is 0 Å². The molecule has 0 radical (unpaired) electrons. The predicted molar refractivity (Wildman–Crippen MR) is 83.4 cm³/mol. The Balaban J connectivity index is 0.00000162. The van der Waals surface area contributed by atoms with E-state index in [1.54, 1.807) is 0 Å². The van der Waals surface area contributed by atoms with E-state index < -0.39 is 0 Å². The molecule has 2 fully saturated rings. The molecule has 4 nitrogen and oxygen atoms in total. The third kappa shape index (κ3) is 5.86. The number of nitrogens with one attached hydrogen (secondary N) is 2. The molecule has 19 heavy (non-hydrogen) atoms. The molecule has 2 N–H and O–H groups in total. The van der Waals surface area contributed by atoms with Crippen LogP contribution in [-0.4, -0.2) is 49.6 Å². The monoisotopic (exact) mass is 311 g/mol. The van der Waals surface area contributed by atoms with E-state index in [9.17, 15) is 4.79 Å². The number of likely N-dealkylation sites (tertiary alicyclic amines) is 1. The zero-order chi connectivity index (χ0) is 12.1. The van der Waals surface area contributed by atoms with Crippen LogP contribution in [0.4, 0.5) is 0 Å². The van der Waals surface area contributed by atoms with Crippen LogP contribution in [0.15, 0.2) is 0 Å². The maximum Gasteiger partial charge on any atom is 0.224 e. The van der Waals surface area contributed by atoms with Crippen molar-refractivity contribution in [3.63, 3.8) is 0 Å². The molecule has 2 aliphatic heterocycles. The van der Waals surface area contributed by atoms with Crippen molar-refractivity contribution in [1.82, 2.24) is 15.5 Å². The molecule has 0 aromatic rings. The molecular weight excluding hydrogens is 285 g/mol. The SMILES string of the molecule is CCN1CCCC(NC(=O)[C@@H]2CCCNC2)C1.Cl.Cl. The van der Waals surface area contributed by atoms with Crippen LogP contribution < -0.4 is 10.6 Å². The summed E-state index contributed by atoms with van der Waals surface area (Å²) in [6.45, 7) is 7.43. The van der Waals surface area contributed by atoms with Crippen LogP contribution in [0, 0.1) is 5.92 Å². The summed E-state index contributed by atoms with van der Waals surface area (Å²) in [5.41, 5.74) is 0. The van der Waals surface area contributed by atoms with Gasteiger partial charge in [0.1, 0.15) is 0 Å². The van der Waals surface area contributed by atoms with E-state index in [2.05, 4.69) is 22.5 Å². The summed E-state index contributed by atoms with van der Waals surface area (Å²) in [7, 11) is 0. The van der Waals surface area contributed by atoms with Gasteiger partial charge in [0.2, 0.25) is 5.91 Å². The van der Waals surface area contributed by atoms with Crippen molar-refractivity contribution in [1.29, 1.82) is 0 Å². The number of carbonyl (C=O) groups excluding carboxylic acids is 1. The summed E-state index contributed by atoms with van der Waals surface area (Å²) in [5, 5.41) is 6.53. The summed E-state index contributed by atoms with van der Waals surface area (Å²) in [5.74, 6) is 0.459. The van der Waals surface area contributed by atoms with Crippen molar-refractivity contribution >= 4 is 30.7 Å². The Labute approximate surface area is 128 Å². The summed E-state index contributed by atoms with van der Waals surface area (Å²) in [6.07, 6.45) is 4.52. The van der Waals surface area contributed by atoms with E-state index in [0.717, 1.165) is 45.4 Å². The maximum absolute atomic E-state index is 12.1. The van der Waals surface area contributed by atoms with Crippen LogP contribution >= 0.6 is 24.8 Å². The fourth-order valence-corrected chi connectivity index (χ4v) is 2.86. The fourth-order valence-electron chi connectivity index (χ4n) is 2.86. The van der Waals surface area contributed by atoms with E-state index in [4.69, 9.17) is 0 Å². The molecule has 0 aromatic heterocycles. The highest BCUT2D eigenvalue weighted by Crippen LogP contribution is 2.13. The Hall–Kier alpha value is -0.0300. The van der Waals surface area contributed by atoms with E-state index in [0.29, 0.717) is 6.04 Å². The first-order valence-electron chi connectivity index (χ1n) is 7.03. The lowest BCUT2D eigenvalue weighted by molar-refractivity contribution is -0.126. The Morgan fingerprint density at radius 1 is 1.32 bits per heavy atom. The molecule has 2 aliphatic rings. The van der Waals surface area contributed by atoms with Crippen LogP contribution in [-0.2, 0) is 4.79 Å². The van der Waals surface area contributed by atoms with Gasteiger partial charge in [0.25, 0.3) is 0 Å². The highest BCUT2D eigenvalue weighted by Gasteiger charge is 2.25. The van der Waals surface area contributed by atoms with Gasteiger partial charge in [0.15, 0.2) is 0 Å². The van der Waals surface area contributed by atoms with Crippen molar-refractivity contribution in [3.8, 4) is 0 Å². The third-order valence-corrected chi connectivity index (χ3v) is 3.97. The number of hydrogen-bond donors (Lipinski definition) is 2. The first-order valence-corrected chi connectivity index (χ1v) is 7.03. The van der Waals surface area contributed by atoms with Gasteiger partial charge in [-0.2, -0.15) is 0 Å². The second-order valence-electron chi connectivity index (χ2n) is 5.28. The number of likely N-dealkylation sites (N-methyl/N-ethyl adjacent to an activating group) is 1. The molecule has 6 heteroatoms. The molecule has 114 valence electrons.